The molecule has 0 fully saturated rings. The molecular formula is C20H23N3O3. The molecule has 0 aromatic heterocycles. The van der Waals surface area contributed by atoms with Gasteiger partial charge in [-0.1, -0.05) is 17.7 Å². The van der Waals surface area contributed by atoms with Crippen molar-refractivity contribution in [3.05, 3.63) is 58.7 Å². The van der Waals surface area contributed by atoms with E-state index < -0.39 is 0 Å². The van der Waals surface area contributed by atoms with Gasteiger partial charge >= 0.3 is 0 Å². The second-order valence-corrected chi connectivity index (χ2v) is 6.21. The number of aromatic hydroxyl groups is 1. The monoisotopic (exact) mass is 353 g/mol. The van der Waals surface area contributed by atoms with Crippen molar-refractivity contribution in [2.24, 2.45) is 5.10 Å². The molecule has 0 atom stereocenters. The summed E-state index contributed by atoms with van der Waals surface area (Å²) in [5, 5.41) is 16.4. The molecule has 0 saturated heterocycles. The summed E-state index contributed by atoms with van der Waals surface area (Å²) >= 11 is 0. The van der Waals surface area contributed by atoms with Crippen molar-refractivity contribution in [1.82, 2.24) is 5.43 Å². The van der Waals surface area contributed by atoms with Crippen LogP contribution in [-0.2, 0) is 9.59 Å². The Morgan fingerprint density at radius 1 is 1.00 bits per heavy atom. The zero-order valence-corrected chi connectivity index (χ0v) is 15.2. The highest BCUT2D eigenvalue weighted by atomic mass is 16.3. The number of hydrogen-bond acceptors (Lipinski definition) is 4. The summed E-state index contributed by atoms with van der Waals surface area (Å²) < 4.78 is 0. The summed E-state index contributed by atoms with van der Waals surface area (Å²) in [6, 6.07) is 11.0. The topological polar surface area (TPSA) is 90.8 Å². The largest absolute Gasteiger partial charge is 0.507 e. The van der Waals surface area contributed by atoms with Crippen molar-refractivity contribution in [3.63, 3.8) is 0 Å². The zero-order valence-electron chi connectivity index (χ0n) is 15.2. The molecule has 2 aromatic rings. The van der Waals surface area contributed by atoms with Crippen molar-refractivity contribution in [1.29, 1.82) is 0 Å². The van der Waals surface area contributed by atoms with Crippen LogP contribution in [0.25, 0.3) is 0 Å². The molecule has 0 bridgehead atoms. The summed E-state index contributed by atoms with van der Waals surface area (Å²) in [5.74, 6) is -0.309. The molecule has 6 nitrogen and oxygen atoms in total. The van der Waals surface area contributed by atoms with E-state index in [-0.39, 0.29) is 30.4 Å². The van der Waals surface area contributed by atoms with Crippen LogP contribution in [0.3, 0.4) is 0 Å². The van der Waals surface area contributed by atoms with Gasteiger partial charge in [-0.2, -0.15) is 5.10 Å². The molecule has 0 radical (unpaired) electrons. The number of phenols is 1. The van der Waals surface area contributed by atoms with Gasteiger partial charge in [0.25, 0.3) is 0 Å². The number of rotatable bonds is 6. The first-order valence-corrected chi connectivity index (χ1v) is 8.34. The average Bonchev–Trinajstić information content (AvgIpc) is 2.60. The Bertz CT molecular complexity index is 804. The van der Waals surface area contributed by atoms with Gasteiger partial charge in [0.15, 0.2) is 0 Å². The Hall–Kier alpha value is -3.15. The third-order valence-corrected chi connectivity index (χ3v) is 3.83. The van der Waals surface area contributed by atoms with E-state index in [0.29, 0.717) is 5.69 Å². The SMILES string of the molecule is Cc1ccc(NC(=O)CCC(=O)N/N=C/c2cc(C)c(O)c(C)c2)cc1. The fourth-order valence-corrected chi connectivity index (χ4v) is 2.39. The maximum atomic E-state index is 11.9. The first kappa shape index (κ1) is 19.2. The standard InChI is InChI=1S/C20H23N3O3/c1-13-4-6-17(7-5-13)22-18(24)8-9-19(25)23-21-12-16-10-14(2)20(26)15(3)11-16/h4-7,10-12,26H,8-9H2,1-3H3,(H,22,24)(H,23,25)/b21-12+. The fraction of sp³-hybridized carbons (Fsp3) is 0.250. The molecule has 0 aliphatic rings. The maximum absolute atomic E-state index is 11.9. The van der Waals surface area contributed by atoms with Gasteiger partial charge in [0.05, 0.1) is 6.21 Å². The predicted molar refractivity (Wildman–Crippen MR) is 102 cm³/mol. The fourth-order valence-electron chi connectivity index (χ4n) is 2.39. The lowest BCUT2D eigenvalue weighted by atomic mass is 10.1. The van der Waals surface area contributed by atoms with E-state index in [1.807, 2.05) is 31.2 Å². The highest BCUT2D eigenvalue weighted by molar-refractivity contribution is 5.93. The van der Waals surface area contributed by atoms with Gasteiger partial charge in [0.2, 0.25) is 11.8 Å². The van der Waals surface area contributed by atoms with Gasteiger partial charge in [-0.15, -0.1) is 0 Å². The van der Waals surface area contributed by atoms with E-state index in [0.717, 1.165) is 22.3 Å². The summed E-state index contributed by atoms with van der Waals surface area (Å²) in [5.41, 5.74) is 6.47. The van der Waals surface area contributed by atoms with Crippen molar-refractivity contribution in [3.8, 4) is 5.75 Å². The number of nitrogens with one attached hydrogen (secondary N) is 2. The molecule has 0 aliphatic heterocycles. The highest BCUT2D eigenvalue weighted by Crippen LogP contribution is 2.21. The second-order valence-electron chi connectivity index (χ2n) is 6.21. The Morgan fingerprint density at radius 2 is 1.58 bits per heavy atom. The number of hydrazone groups is 1. The lowest BCUT2D eigenvalue weighted by Crippen LogP contribution is -2.20. The summed E-state index contributed by atoms with van der Waals surface area (Å²) in [7, 11) is 0. The van der Waals surface area contributed by atoms with Gasteiger partial charge < -0.3 is 10.4 Å². The molecule has 2 aromatic carbocycles. The van der Waals surface area contributed by atoms with E-state index in [1.165, 1.54) is 6.21 Å². The van der Waals surface area contributed by atoms with Crippen LogP contribution in [0.5, 0.6) is 5.75 Å². The number of anilines is 1. The summed E-state index contributed by atoms with van der Waals surface area (Å²) in [6.07, 6.45) is 1.62. The van der Waals surface area contributed by atoms with Crippen molar-refractivity contribution in [2.45, 2.75) is 33.6 Å². The number of aryl methyl sites for hydroxylation is 3. The number of nitrogens with zero attached hydrogens (tertiary/aromatic N) is 1. The quantitative estimate of drug-likeness (QED) is 0.550. The molecule has 0 unspecified atom stereocenters. The maximum Gasteiger partial charge on any atom is 0.240 e. The van der Waals surface area contributed by atoms with Crippen LogP contribution in [-0.4, -0.2) is 23.1 Å². The molecule has 6 heteroatoms. The van der Waals surface area contributed by atoms with E-state index >= 15 is 0 Å². The number of phenolic OH excluding ortho intramolecular Hbond substituents is 1. The molecular weight excluding hydrogens is 330 g/mol. The van der Waals surface area contributed by atoms with Crippen LogP contribution in [0.15, 0.2) is 41.5 Å². The minimum Gasteiger partial charge on any atom is -0.507 e. The minimum atomic E-state index is -0.340. The van der Waals surface area contributed by atoms with Gasteiger partial charge in [0.1, 0.15) is 5.75 Å². The van der Waals surface area contributed by atoms with Crippen molar-refractivity contribution >= 4 is 23.7 Å². The molecule has 2 amide bonds. The van der Waals surface area contributed by atoms with Crippen LogP contribution < -0.4 is 10.7 Å². The minimum absolute atomic E-state index is 0.0443. The Kier molecular flexibility index (Phi) is 6.49. The van der Waals surface area contributed by atoms with Crippen molar-refractivity contribution < 1.29 is 14.7 Å². The van der Waals surface area contributed by atoms with E-state index in [2.05, 4.69) is 15.8 Å². The van der Waals surface area contributed by atoms with Crippen LogP contribution in [0.1, 0.15) is 35.1 Å². The number of benzene rings is 2. The number of carbonyl (C=O) groups excluding carboxylic acids is 2. The van der Waals surface area contributed by atoms with E-state index in [1.54, 1.807) is 26.0 Å². The molecule has 26 heavy (non-hydrogen) atoms. The molecule has 0 spiro atoms. The Labute approximate surface area is 152 Å². The average molecular weight is 353 g/mol. The lowest BCUT2D eigenvalue weighted by Gasteiger charge is -2.05. The first-order chi connectivity index (χ1) is 12.3. The predicted octanol–water partition coefficient (Wildman–Crippen LogP) is 3.19. The molecule has 0 heterocycles. The van der Waals surface area contributed by atoms with Gasteiger partial charge in [-0.25, -0.2) is 5.43 Å². The third kappa shape index (κ3) is 5.73. The molecule has 0 aliphatic carbocycles. The van der Waals surface area contributed by atoms with Crippen LogP contribution in [0.4, 0.5) is 5.69 Å². The highest BCUT2D eigenvalue weighted by Gasteiger charge is 2.07. The molecule has 3 N–H and O–H groups in total. The smallest absolute Gasteiger partial charge is 0.240 e. The lowest BCUT2D eigenvalue weighted by molar-refractivity contribution is -0.124. The zero-order chi connectivity index (χ0) is 19.1. The number of carbonyl (C=O) groups is 2. The van der Waals surface area contributed by atoms with Crippen molar-refractivity contribution in [2.75, 3.05) is 5.32 Å². The van der Waals surface area contributed by atoms with Gasteiger partial charge in [-0.05, 0) is 61.7 Å². The normalized spacial score (nSPS) is 10.7. The molecule has 136 valence electrons. The second kappa shape index (κ2) is 8.80. The van der Waals surface area contributed by atoms with Gasteiger partial charge in [-0.3, -0.25) is 9.59 Å². The van der Waals surface area contributed by atoms with Gasteiger partial charge in [0, 0.05) is 18.5 Å². The summed E-state index contributed by atoms with van der Waals surface area (Å²) in [6.45, 7) is 5.56. The first-order valence-electron chi connectivity index (χ1n) is 8.34. The number of amides is 2. The third-order valence-electron chi connectivity index (χ3n) is 3.83. The van der Waals surface area contributed by atoms with E-state index in [9.17, 15) is 14.7 Å². The Balaban J connectivity index is 1.78. The Morgan fingerprint density at radius 3 is 2.19 bits per heavy atom. The van der Waals surface area contributed by atoms with E-state index in [4.69, 9.17) is 0 Å². The molecule has 0 saturated carbocycles. The molecule has 2 rings (SSSR count). The van der Waals surface area contributed by atoms with Crippen LogP contribution in [0.2, 0.25) is 0 Å². The van der Waals surface area contributed by atoms with Crippen LogP contribution in [0, 0.1) is 20.8 Å². The summed E-state index contributed by atoms with van der Waals surface area (Å²) in [4.78, 5) is 23.6. The van der Waals surface area contributed by atoms with Crippen LogP contribution >= 0.6 is 0 Å². The number of hydrogen-bond donors (Lipinski definition) is 3.